The molecule has 0 fully saturated rings. The van der Waals surface area contributed by atoms with E-state index in [0.717, 1.165) is 28.6 Å². The molecule has 3 aromatic carbocycles. The smallest absolute Gasteiger partial charge is 0.123 e. The summed E-state index contributed by atoms with van der Waals surface area (Å²) in [6, 6.07) is 22.1. The molecule has 1 aromatic heterocycles. The van der Waals surface area contributed by atoms with Gasteiger partial charge >= 0.3 is 0 Å². The molecule has 7 nitrogen and oxygen atoms in total. The molecule has 0 saturated heterocycles. The van der Waals surface area contributed by atoms with Crippen LogP contribution in [-0.4, -0.2) is 4.98 Å². The summed E-state index contributed by atoms with van der Waals surface area (Å²) in [4.78, 5) is 4.48. The van der Waals surface area contributed by atoms with Crippen LogP contribution >= 0.6 is 11.6 Å². The number of nitrogens with zero attached hydrogens (tertiary/aromatic N) is 2. The number of pyridine rings is 1. The van der Waals surface area contributed by atoms with Gasteiger partial charge in [0.2, 0.25) is 0 Å². The van der Waals surface area contributed by atoms with Gasteiger partial charge in [0.15, 0.2) is 0 Å². The van der Waals surface area contributed by atoms with Gasteiger partial charge in [0.25, 0.3) is 0 Å². The van der Waals surface area contributed by atoms with E-state index in [2.05, 4.69) is 57.1 Å². The van der Waals surface area contributed by atoms with Gasteiger partial charge in [0, 0.05) is 23.5 Å². The highest BCUT2D eigenvalue weighted by Gasteiger charge is 2.22. The summed E-state index contributed by atoms with van der Waals surface area (Å²) in [6.07, 6.45) is 4.15. The monoisotopic (exact) mass is 513 g/mol. The van der Waals surface area contributed by atoms with Gasteiger partial charge in [0.05, 0.1) is 39.6 Å². The zero-order chi connectivity index (χ0) is 25.8. The number of fused-ring (bicyclic) bond motifs is 1. The molecule has 4 aromatic rings. The largest absolute Gasteiger partial charge is 0.377 e. The Hall–Kier alpha value is -4.32. The fourth-order valence-electron chi connectivity index (χ4n) is 4.44. The topological polar surface area (TPSA) is 96.8 Å². The van der Waals surface area contributed by atoms with Crippen molar-refractivity contribution in [2.24, 2.45) is 0 Å². The molecule has 1 aliphatic heterocycles. The first-order valence-corrected chi connectivity index (χ1v) is 12.3. The molecule has 186 valence electrons. The fourth-order valence-corrected chi connectivity index (χ4v) is 4.71. The number of aromatic nitrogens is 1. The van der Waals surface area contributed by atoms with E-state index >= 15 is 0 Å². The second-order valence-corrected chi connectivity index (χ2v) is 9.06. The summed E-state index contributed by atoms with van der Waals surface area (Å²) in [6.45, 7) is 2.09. The zero-order valence-electron chi connectivity index (χ0n) is 20.0. The zero-order valence-corrected chi connectivity index (χ0v) is 20.8. The minimum Gasteiger partial charge on any atom is -0.377 e. The van der Waals surface area contributed by atoms with Crippen LogP contribution in [0.25, 0.3) is 10.9 Å². The van der Waals surface area contributed by atoms with Gasteiger partial charge in [-0.05, 0) is 41.8 Å². The molecule has 2 heterocycles. The normalized spacial score (nSPS) is 14.2. The van der Waals surface area contributed by atoms with Crippen LogP contribution in [-0.2, 0) is 0 Å². The second kappa shape index (κ2) is 10.7. The number of nitrogens with one attached hydrogen (secondary N) is 5. The molecule has 0 radical (unpaired) electrons. The van der Waals surface area contributed by atoms with Crippen LogP contribution in [0, 0.1) is 17.1 Å². The first-order chi connectivity index (χ1) is 18.1. The molecular formula is C28H25ClFN7. The third-order valence-corrected chi connectivity index (χ3v) is 6.59. The molecule has 5 rings (SSSR count). The first kappa shape index (κ1) is 24.4. The summed E-state index contributed by atoms with van der Waals surface area (Å²) in [5.74, 6) is -0.310. The lowest BCUT2D eigenvalue weighted by molar-refractivity contribution is 0.582. The Morgan fingerprint density at radius 2 is 1.84 bits per heavy atom. The van der Waals surface area contributed by atoms with Gasteiger partial charge in [-0.3, -0.25) is 4.98 Å². The number of hydrazine groups is 2. The molecule has 0 spiro atoms. The average Bonchev–Trinajstić information content (AvgIpc) is 3.46. The molecule has 0 aliphatic carbocycles. The molecule has 0 amide bonds. The van der Waals surface area contributed by atoms with Gasteiger partial charge in [0.1, 0.15) is 11.9 Å². The number of nitriles is 1. The number of halogens is 2. The Balaban J connectivity index is 1.58. The third-order valence-electron chi connectivity index (χ3n) is 6.31. The van der Waals surface area contributed by atoms with Crippen molar-refractivity contribution in [1.29, 1.82) is 5.26 Å². The third kappa shape index (κ3) is 5.14. The van der Waals surface area contributed by atoms with Crippen LogP contribution in [0.1, 0.15) is 42.1 Å². The van der Waals surface area contributed by atoms with Crippen LogP contribution in [0.2, 0.25) is 5.02 Å². The minimum absolute atomic E-state index is 0.00810. The number of hydrogen-bond acceptors (Lipinski definition) is 7. The van der Waals surface area contributed by atoms with Gasteiger partial charge < -0.3 is 21.5 Å². The lowest BCUT2D eigenvalue weighted by atomic mass is 10.0. The summed E-state index contributed by atoms with van der Waals surface area (Å²) in [7, 11) is 0. The summed E-state index contributed by atoms with van der Waals surface area (Å²) < 4.78 is 13.6. The Labute approximate surface area is 219 Å². The van der Waals surface area contributed by atoms with E-state index in [9.17, 15) is 9.65 Å². The van der Waals surface area contributed by atoms with Crippen molar-refractivity contribution in [1.82, 2.24) is 21.4 Å². The Bertz CT molecular complexity index is 1480. The molecule has 37 heavy (non-hydrogen) atoms. The lowest BCUT2D eigenvalue weighted by Gasteiger charge is -2.23. The van der Waals surface area contributed by atoms with Gasteiger partial charge in [-0.15, -0.1) is 0 Å². The molecule has 1 aliphatic rings. The Kier molecular flexibility index (Phi) is 7.08. The van der Waals surface area contributed by atoms with E-state index < -0.39 is 0 Å². The van der Waals surface area contributed by atoms with E-state index in [4.69, 9.17) is 11.6 Å². The second-order valence-electron chi connectivity index (χ2n) is 8.65. The fraction of sp³-hybridized carbons (Fsp3) is 0.143. The summed E-state index contributed by atoms with van der Waals surface area (Å²) in [5.41, 5.74) is 14.0. The van der Waals surface area contributed by atoms with Crippen molar-refractivity contribution < 1.29 is 4.39 Å². The standard InChI is InChI=1S/C28H25ClFN7/c1-2-24(17-6-4-3-5-7-17)35-26-19(14-31)15-32-28-22(26)12-21(13-23(28)29)34-27(25-16-33-37-36-25)18-8-10-20(30)11-9-18/h3-13,15-16,24,27,33-34,36-37H,2H2,1H3,(H,32,35)/t24-,27?/m1/s1. The highest BCUT2D eigenvalue weighted by molar-refractivity contribution is 6.35. The van der Waals surface area contributed by atoms with Crippen molar-refractivity contribution >= 4 is 33.9 Å². The minimum atomic E-state index is -0.340. The number of anilines is 2. The van der Waals surface area contributed by atoms with Crippen LogP contribution in [0.15, 0.2) is 84.8 Å². The van der Waals surface area contributed by atoms with Crippen LogP contribution in [0.3, 0.4) is 0 Å². The molecule has 0 bridgehead atoms. The van der Waals surface area contributed by atoms with Gasteiger partial charge in [-0.1, -0.05) is 61.0 Å². The number of benzene rings is 3. The first-order valence-electron chi connectivity index (χ1n) is 11.9. The van der Waals surface area contributed by atoms with Crippen LogP contribution in [0.5, 0.6) is 0 Å². The van der Waals surface area contributed by atoms with Gasteiger partial charge in [-0.25, -0.2) is 4.39 Å². The molecule has 1 unspecified atom stereocenters. The van der Waals surface area contributed by atoms with E-state index in [1.165, 1.54) is 12.1 Å². The average molecular weight is 514 g/mol. The molecule has 5 N–H and O–H groups in total. The van der Waals surface area contributed by atoms with Gasteiger partial charge in [-0.2, -0.15) is 10.8 Å². The molecular weight excluding hydrogens is 489 g/mol. The predicted octanol–water partition coefficient (Wildman–Crippen LogP) is 6.07. The maximum absolute atomic E-state index is 13.6. The van der Waals surface area contributed by atoms with Crippen molar-refractivity contribution in [3.05, 3.63) is 112 Å². The highest BCUT2D eigenvalue weighted by Crippen LogP contribution is 2.37. The SMILES string of the molecule is CC[C@@H](Nc1c(C#N)cnc2c(Cl)cc(NC(C3=CNNN3)c3ccc(F)cc3)cc12)c1ccccc1. The highest BCUT2D eigenvalue weighted by atomic mass is 35.5. The maximum Gasteiger partial charge on any atom is 0.123 e. The van der Waals surface area contributed by atoms with Crippen molar-refractivity contribution in [3.63, 3.8) is 0 Å². The number of hydrogen-bond donors (Lipinski definition) is 5. The lowest BCUT2D eigenvalue weighted by Crippen LogP contribution is -2.33. The van der Waals surface area contributed by atoms with Crippen molar-refractivity contribution in [2.45, 2.75) is 25.4 Å². The van der Waals surface area contributed by atoms with E-state index in [1.807, 2.05) is 24.3 Å². The maximum atomic E-state index is 13.6. The quantitative estimate of drug-likeness (QED) is 0.195. The van der Waals surface area contributed by atoms with Crippen molar-refractivity contribution in [3.8, 4) is 6.07 Å². The van der Waals surface area contributed by atoms with Crippen molar-refractivity contribution in [2.75, 3.05) is 10.6 Å². The molecule has 0 saturated carbocycles. The van der Waals surface area contributed by atoms with E-state index in [1.54, 1.807) is 30.6 Å². The summed E-state index contributed by atoms with van der Waals surface area (Å²) >= 11 is 6.71. The van der Waals surface area contributed by atoms with Crippen LogP contribution in [0.4, 0.5) is 15.8 Å². The van der Waals surface area contributed by atoms with E-state index in [0.29, 0.717) is 27.5 Å². The summed E-state index contributed by atoms with van der Waals surface area (Å²) in [5, 5.41) is 18.1. The molecule has 9 heteroatoms. The Morgan fingerprint density at radius 1 is 1.05 bits per heavy atom. The van der Waals surface area contributed by atoms with Crippen LogP contribution < -0.4 is 27.0 Å². The Morgan fingerprint density at radius 3 is 2.51 bits per heavy atom. The number of rotatable bonds is 8. The predicted molar refractivity (Wildman–Crippen MR) is 145 cm³/mol. The molecule has 2 atom stereocenters. The van der Waals surface area contributed by atoms with E-state index in [-0.39, 0.29) is 17.9 Å².